The number of benzene rings is 1. The number of aliphatic hydroxyl groups is 1. The fraction of sp³-hybridized carbons (Fsp3) is 0.364. The number of anilines is 1. The van der Waals surface area contributed by atoms with Gasteiger partial charge in [-0.1, -0.05) is 0 Å². The first-order valence-corrected chi connectivity index (χ1v) is 6.03. The number of carbonyl (C=O) groups is 1. The van der Waals surface area contributed by atoms with Crippen LogP contribution in [0.5, 0.6) is 0 Å². The summed E-state index contributed by atoms with van der Waals surface area (Å²) in [4.78, 5) is 12.3. The molecule has 4 N–H and O–H groups in total. The van der Waals surface area contributed by atoms with Gasteiger partial charge in [-0.05, 0) is 24.6 Å². The highest BCUT2D eigenvalue weighted by Gasteiger charge is 2.06. The van der Waals surface area contributed by atoms with E-state index in [1.54, 1.807) is 37.0 Å². The van der Waals surface area contributed by atoms with Crippen molar-refractivity contribution in [2.24, 2.45) is 0 Å². The maximum Gasteiger partial charge on any atom is 0.251 e. The molecule has 0 aromatic heterocycles. The molecule has 1 aromatic carbocycles. The number of nitrogen functional groups attached to an aromatic ring is 1. The fourth-order valence-corrected chi connectivity index (χ4v) is 2.13. The quantitative estimate of drug-likeness (QED) is 0.409. The van der Waals surface area contributed by atoms with Crippen LogP contribution in [0.25, 0.3) is 0 Å². The molecular formula is C11H16N2O2S. The van der Waals surface area contributed by atoms with E-state index in [0.717, 1.165) is 10.6 Å². The number of hydrogen-bond acceptors (Lipinski definition) is 4. The smallest absolute Gasteiger partial charge is 0.251 e. The summed E-state index contributed by atoms with van der Waals surface area (Å²) < 4.78 is 0. The van der Waals surface area contributed by atoms with Crippen molar-refractivity contribution in [3.8, 4) is 0 Å². The molecule has 0 heterocycles. The number of hydrogen-bond donors (Lipinski definition) is 3. The first-order valence-electron chi connectivity index (χ1n) is 5.04. The van der Waals surface area contributed by atoms with Crippen LogP contribution in [0.3, 0.4) is 0 Å². The number of rotatable bonds is 5. The third kappa shape index (κ3) is 3.43. The normalized spacial score (nSPS) is 10.1. The van der Waals surface area contributed by atoms with Crippen molar-refractivity contribution in [2.45, 2.75) is 11.3 Å². The van der Waals surface area contributed by atoms with Gasteiger partial charge in [-0.15, -0.1) is 11.8 Å². The lowest BCUT2D eigenvalue weighted by Crippen LogP contribution is -2.17. The SMILES string of the molecule is CNC(=O)c1ccc(N)c(SCCCO)c1. The Morgan fingerprint density at radius 2 is 2.31 bits per heavy atom. The summed E-state index contributed by atoms with van der Waals surface area (Å²) in [6.07, 6.45) is 0.717. The van der Waals surface area contributed by atoms with Gasteiger partial charge in [0.2, 0.25) is 0 Å². The Labute approximate surface area is 99.2 Å². The van der Waals surface area contributed by atoms with Gasteiger partial charge in [-0.2, -0.15) is 0 Å². The molecule has 0 saturated carbocycles. The zero-order chi connectivity index (χ0) is 12.0. The third-order valence-electron chi connectivity index (χ3n) is 2.06. The van der Waals surface area contributed by atoms with Gasteiger partial charge in [0.25, 0.3) is 5.91 Å². The second-order valence-electron chi connectivity index (χ2n) is 3.26. The van der Waals surface area contributed by atoms with Crippen LogP contribution in [0.4, 0.5) is 5.69 Å². The molecule has 5 heteroatoms. The minimum Gasteiger partial charge on any atom is -0.398 e. The number of aliphatic hydroxyl groups excluding tert-OH is 1. The summed E-state index contributed by atoms with van der Waals surface area (Å²) in [7, 11) is 1.59. The van der Waals surface area contributed by atoms with E-state index in [2.05, 4.69) is 5.32 Å². The average molecular weight is 240 g/mol. The molecule has 0 aliphatic rings. The van der Waals surface area contributed by atoms with Crippen LogP contribution >= 0.6 is 11.8 Å². The number of amides is 1. The van der Waals surface area contributed by atoms with Gasteiger partial charge < -0.3 is 16.2 Å². The van der Waals surface area contributed by atoms with E-state index in [9.17, 15) is 4.79 Å². The van der Waals surface area contributed by atoms with E-state index in [0.29, 0.717) is 17.7 Å². The van der Waals surface area contributed by atoms with Crippen molar-refractivity contribution in [3.63, 3.8) is 0 Å². The molecule has 0 spiro atoms. The summed E-state index contributed by atoms with van der Waals surface area (Å²) >= 11 is 1.55. The predicted molar refractivity (Wildman–Crippen MR) is 66.7 cm³/mol. The molecule has 0 aliphatic heterocycles. The van der Waals surface area contributed by atoms with E-state index < -0.39 is 0 Å². The van der Waals surface area contributed by atoms with Gasteiger partial charge in [0.05, 0.1) is 0 Å². The highest BCUT2D eigenvalue weighted by atomic mass is 32.2. The molecule has 0 radical (unpaired) electrons. The lowest BCUT2D eigenvalue weighted by molar-refractivity contribution is 0.0963. The highest BCUT2D eigenvalue weighted by molar-refractivity contribution is 7.99. The van der Waals surface area contributed by atoms with Gasteiger partial charge in [-0.25, -0.2) is 0 Å². The molecule has 1 amide bonds. The Morgan fingerprint density at radius 1 is 1.56 bits per heavy atom. The number of nitrogens with two attached hydrogens (primary N) is 1. The molecule has 88 valence electrons. The first-order chi connectivity index (χ1) is 7.69. The summed E-state index contributed by atoms with van der Waals surface area (Å²) in [6, 6.07) is 5.20. The van der Waals surface area contributed by atoms with E-state index in [1.807, 2.05) is 0 Å². The largest absolute Gasteiger partial charge is 0.398 e. The first kappa shape index (κ1) is 12.9. The van der Waals surface area contributed by atoms with Crippen molar-refractivity contribution in [2.75, 3.05) is 25.1 Å². The fourth-order valence-electron chi connectivity index (χ4n) is 1.19. The van der Waals surface area contributed by atoms with Crippen molar-refractivity contribution in [1.29, 1.82) is 0 Å². The molecule has 0 atom stereocenters. The number of carbonyl (C=O) groups excluding carboxylic acids is 1. The van der Waals surface area contributed by atoms with Crippen molar-refractivity contribution >= 4 is 23.4 Å². The van der Waals surface area contributed by atoms with E-state index in [1.165, 1.54) is 0 Å². The van der Waals surface area contributed by atoms with Crippen LogP contribution in [0.15, 0.2) is 23.1 Å². The topological polar surface area (TPSA) is 75.4 Å². The van der Waals surface area contributed by atoms with E-state index in [4.69, 9.17) is 10.8 Å². The Kier molecular flexibility index (Phi) is 5.14. The molecule has 16 heavy (non-hydrogen) atoms. The van der Waals surface area contributed by atoms with Crippen LogP contribution < -0.4 is 11.1 Å². The van der Waals surface area contributed by atoms with Crippen LogP contribution in [0.1, 0.15) is 16.8 Å². The molecule has 0 bridgehead atoms. The maximum atomic E-state index is 11.4. The number of nitrogens with one attached hydrogen (secondary N) is 1. The highest BCUT2D eigenvalue weighted by Crippen LogP contribution is 2.26. The minimum atomic E-state index is -0.121. The Balaban J connectivity index is 2.78. The Morgan fingerprint density at radius 3 is 2.94 bits per heavy atom. The summed E-state index contributed by atoms with van der Waals surface area (Å²) in [5.74, 6) is 0.668. The van der Waals surface area contributed by atoms with Gasteiger partial charge in [-0.3, -0.25) is 4.79 Å². The standard InChI is InChI=1S/C11H16N2O2S/c1-13-11(15)8-3-4-9(12)10(7-8)16-6-2-5-14/h3-4,7,14H,2,5-6,12H2,1H3,(H,13,15). The Bertz CT molecular complexity index is 369. The zero-order valence-corrected chi connectivity index (χ0v) is 10.0. The lowest BCUT2D eigenvalue weighted by Gasteiger charge is -2.07. The zero-order valence-electron chi connectivity index (χ0n) is 9.19. The molecule has 0 aliphatic carbocycles. The van der Waals surface area contributed by atoms with Gasteiger partial charge in [0.1, 0.15) is 0 Å². The van der Waals surface area contributed by atoms with Crippen molar-refractivity contribution < 1.29 is 9.90 Å². The molecule has 1 rings (SSSR count). The second kappa shape index (κ2) is 6.40. The van der Waals surface area contributed by atoms with Crippen LogP contribution in [0, 0.1) is 0 Å². The lowest BCUT2D eigenvalue weighted by atomic mass is 10.2. The van der Waals surface area contributed by atoms with Gasteiger partial charge in [0.15, 0.2) is 0 Å². The third-order valence-corrected chi connectivity index (χ3v) is 3.22. The molecule has 0 unspecified atom stereocenters. The average Bonchev–Trinajstić information content (AvgIpc) is 2.31. The van der Waals surface area contributed by atoms with Crippen molar-refractivity contribution in [3.05, 3.63) is 23.8 Å². The monoisotopic (exact) mass is 240 g/mol. The van der Waals surface area contributed by atoms with E-state index in [-0.39, 0.29) is 12.5 Å². The number of thioether (sulfide) groups is 1. The van der Waals surface area contributed by atoms with Crippen molar-refractivity contribution in [1.82, 2.24) is 5.32 Å². The summed E-state index contributed by atoms with van der Waals surface area (Å²) in [6.45, 7) is 0.169. The predicted octanol–water partition coefficient (Wildman–Crippen LogP) is 1.10. The molecule has 0 fully saturated rings. The second-order valence-corrected chi connectivity index (χ2v) is 4.39. The maximum absolute atomic E-state index is 11.4. The van der Waals surface area contributed by atoms with E-state index >= 15 is 0 Å². The summed E-state index contributed by atoms with van der Waals surface area (Å²) in [5.41, 5.74) is 7.06. The molecule has 1 aromatic rings. The Hall–Kier alpha value is -1.20. The minimum absolute atomic E-state index is 0.121. The van der Waals surface area contributed by atoms with Gasteiger partial charge in [0, 0.05) is 35.6 Å². The van der Waals surface area contributed by atoms with Crippen LogP contribution in [-0.4, -0.2) is 30.4 Å². The molecular weight excluding hydrogens is 224 g/mol. The van der Waals surface area contributed by atoms with Crippen LogP contribution in [-0.2, 0) is 0 Å². The molecule has 0 saturated heterocycles. The van der Waals surface area contributed by atoms with Gasteiger partial charge >= 0.3 is 0 Å². The molecule has 4 nitrogen and oxygen atoms in total. The van der Waals surface area contributed by atoms with Crippen LogP contribution in [0.2, 0.25) is 0 Å². The summed E-state index contributed by atoms with van der Waals surface area (Å²) in [5, 5.41) is 11.3.